The second-order valence-electron chi connectivity index (χ2n) is 8.17. The van der Waals surface area contributed by atoms with Crippen LogP contribution in [0.1, 0.15) is 10.4 Å². The van der Waals surface area contributed by atoms with Crippen molar-refractivity contribution in [2.45, 2.75) is 21.5 Å². The molecule has 2 aliphatic rings. The van der Waals surface area contributed by atoms with E-state index >= 15 is 0 Å². The summed E-state index contributed by atoms with van der Waals surface area (Å²) in [5.74, 6) is -2.44. The first-order chi connectivity index (χ1) is 18.7. The lowest BCUT2D eigenvalue weighted by Gasteiger charge is -2.56. The van der Waals surface area contributed by atoms with E-state index in [0.29, 0.717) is 22.2 Å². The highest BCUT2D eigenvalue weighted by molar-refractivity contribution is 8.01. The number of nitrogens with zero attached hydrogens (tertiary/aromatic N) is 6. The van der Waals surface area contributed by atoms with E-state index in [4.69, 9.17) is 9.84 Å². The number of thioether (sulfide) groups is 3. The molecule has 39 heavy (non-hydrogen) atoms. The van der Waals surface area contributed by atoms with Crippen LogP contribution in [0.15, 0.2) is 40.7 Å². The topological polar surface area (TPSA) is 192 Å². The maximum atomic E-state index is 13.6. The molecule has 3 heterocycles. The Morgan fingerprint density at radius 3 is 2.64 bits per heavy atom. The van der Waals surface area contributed by atoms with E-state index in [1.165, 1.54) is 64.5 Å². The van der Waals surface area contributed by atoms with Crippen molar-refractivity contribution in [3.8, 4) is 6.07 Å². The zero-order chi connectivity index (χ0) is 28.3. The second kappa shape index (κ2) is 11.7. The number of hydrogen-bond donors (Lipinski definition) is 3. The number of benzene rings is 1. The van der Waals surface area contributed by atoms with Gasteiger partial charge in [-0.1, -0.05) is 11.8 Å². The number of carboxylic acids is 1. The molecule has 3 amide bonds. The van der Waals surface area contributed by atoms with E-state index in [1.807, 2.05) is 6.07 Å². The van der Waals surface area contributed by atoms with Gasteiger partial charge >= 0.3 is 5.97 Å². The van der Waals surface area contributed by atoms with Gasteiger partial charge in [-0.3, -0.25) is 19.3 Å². The fourth-order valence-corrected chi connectivity index (χ4v) is 6.72. The molecule has 3 atom stereocenters. The Kier molecular flexibility index (Phi) is 8.49. The highest BCUT2D eigenvalue weighted by Gasteiger charge is 2.66. The van der Waals surface area contributed by atoms with Crippen LogP contribution >= 0.6 is 35.3 Å². The molecular weight excluding hydrogens is 568 g/mol. The number of carbonyl (C=O) groups is 4. The molecule has 0 spiro atoms. The SMILES string of the molecule is CO[C@@]1(NC(=O)C(C#N)SC)C(=O)N2C(C(=O)Nc3ccc(C(=O)O)cc3)=C(CSc3nnnn3C)CS[C@H]21. The molecule has 1 unspecified atom stereocenters. The van der Waals surface area contributed by atoms with Gasteiger partial charge < -0.3 is 20.5 Å². The number of rotatable bonds is 10. The van der Waals surface area contributed by atoms with Gasteiger partial charge in [0.05, 0.1) is 11.6 Å². The molecule has 1 fully saturated rings. The van der Waals surface area contributed by atoms with Crippen LogP contribution < -0.4 is 10.6 Å². The largest absolute Gasteiger partial charge is 0.478 e. The maximum Gasteiger partial charge on any atom is 0.335 e. The van der Waals surface area contributed by atoms with Gasteiger partial charge in [0.2, 0.25) is 11.1 Å². The van der Waals surface area contributed by atoms with Crippen LogP contribution in [0.25, 0.3) is 0 Å². The summed E-state index contributed by atoms with van der Waals surface area (Å²) in [5, 5.41) is 33.7. The van der Waals surface area contributed by atoms with Gasteiger partial charge in [-0.15, -0.1) is 28.6 Å². The molecule has 0 bridgehead atoms. The number of nitrogens with one attached hydrogen (secondary N) is 2. The molecule has 1 aromatic heterocycles. The Morgan fingerprint density at radius 1 is 1.36 bits per heavy atom. The third-order valence-corrected chi connectivity index (χ3v) is 9.15. The normalized spacial score (nSPS) is 20.9. The Bertz CT molecular complexity index is 1390. The zero-order valence-corrected chi connectivity index (χ0v) is 23.2. The number of anilines is 1. The Balaban J connectivity index is 1.65. The predicted octanol–water partition coefficient (Wildman–Crippen LogP) is 0.522. The molecule has 1 saturated heterocycles. The number of carbonyl (C=O) groups excluding carboxylic acids is 3. The van der Waals surface area contributed by atoms with Crippen molar-refractivity contribution in [2.24, 2.45) is 7.05 Å². The molecule has 0 aliphatic carbocycles. The third-order valence-electron chi connectivity index (χ3n) is 5.89. The first-order valence-corrected chi connectivity index (χ1v) is 14.5. The van der Waals surface area contributed by atoms with Crippen molar-refractivity contribution < 1.29 is 29.0 Å². The third kappa shape index (κ3) is 5.32. The number of fused-ring (bicyclic) bond motifs is 1. The summed E-state index contributed by atoms with van der Waals surface area (Å²) >= 11 is 3.60. The quantitative estimate of drug-likeness (QED) is 0.197. The number of tetrazole rings is 1. The fourth-order valence-electron chi connectivity index (χ4n) is 3.92. The number of nitriles is 1. The lowest BCUT2D eigenvalue weighted by Crippen LogP contribution is -2.81. The van der Waals surface area contributed by atoms with Gasteiger partial charge in [0.15, 0.2) is 5.25 Å². The molecule has 2 aromatic rings. The summed E-state index contributed by atoms with van der Waals surface area (Å²) < 4.78 is 6.99. The minimum Gasteiger partial charge on any atom is -0.478 e. The van der Waals surface area contributed by atoms with Crippen LogP contribution in [-0.2, 0) is 26.2 Å². The van der Waals surface area contributed by atoms with Crippen LogP contribution in [0, 0.1) is 11.3 Å². The van der Waals surface area contributed by atoms with Crippen molar-refractivity contribution >= 4 is 64.7 Å². The second-order valence-corrected chi connectivity index (χ2v) is 11.1. The molecule has 14 nitrogen and oxygen atoms in total. The van der Waals surface area contributed by atoms with E-state index in [9.17, 15) is 24.4 Å². The molecule has 2 aliphatic heterocycles. The standard InChI is InChI=1S/C22H22N8O6S3/c1-29-21(26-27-28-29)39-10-12-9-38-20-22(36-2,25-16(31)14(8-23)37-3)19(35)30(20)15(12)17(32)24-13-6-4-11(5-7-13)18(33)34/h4-7,14,20H,9-10H2,1-3H3,(H,24,32)(H,25,31)(H,33,34)/t14?,20-,22-/m0/s1. The monoisotopic (exact) mass is 590 g/mol. The molecule has 204 valence electrons. The maximum absolute atomic E-state index is 13.6. The first-order valence-electron chi connectivity index (χ1n) is 11.1. The molecule has 4 rings (SSSR count). The summed E-state index contributed by atoms with van der Waals surface area (Å²) in [5.41, 5.74) is -0.680. The van der Waals surface area contributed by atoms with E-state index in [1.54, 1.807) is 13.3 Å². The summed E-state index contributed by atoms with van der Waals surface area (Å²) in [6.07, 6.45) is 1.60. The lowest BCUT2D eigenvalue weighted by atomic mass is 9.97. The van der Waals surface area contributed by atoms with Crippen LogP contribution in [0.5, 0.6) is 0 Å². The molecule has 1 aromatic carbocycles. The first kappa shape index (κ1) is 28.4. The highest BCUT2D eigenvalue weighted by Crippen LogP contribution is 2.47. The predicted molar refractivity (Wildman–Crippen MR) is 142 cm³/mol. The van der Waals surface area contributed by atoms with E-state index in [-0.39, 0.29) is 17.0 Å². The number of aryl methyl sites for hydroxylation is 1. The number of methoxy groups -OCH3 is 1. The average molecular weight is 591 g/mol. The lowest BCUT2D eigenvalue weighted by molar-refractivity contribution is -0.191. The fraction of sp³-hybridized carbons (Fsp3) is 0.364. The van der Waals surface area contributed by atoms with Crippen molar-refractivity contribution in [1.29, 1.82) is 5.26 Å². The minimum absolute atomic E-state index is 0.0511. The molecule has 0 saturated carbocycles. The number of β-lactam (4-membered cyclic amide) rings is 1. The smallest absolute Gasteiger partial charge is 0.335 e. The van der Waals surface area contributed by atoms with Crippen molar-refractivity contribution in [3.63, 3.8) is 0 Å². The summed E-state index contributed by atoms with van der Waals surface area (Å²) in [7, 11) is 2.95. The zero-order valence-electron chi connectivity index (χ0n) is 20.8. The van der Waals surface area contributed by atoms with Gasteiger partial charge in [0, 0.05) is 31.4 Å². The highest BCUT2D eigenvalue weighted by atomic mass is 32.2. The van der Waals surface area contributed by atoms with E-state index in [2.05, 4.69) is 26.2 Å². The van der Waals surface area contributed by atoms with Crippen LogP contribution in [-0.4, -0.2) is 95.1 Å². The summed E-state index contributed by atoms with van der Waals surface area (Å²) in [6.45, 7) is 0. The molecule has 3 N–H and O–H groups in total. The number of amides is 3. The van der Waals surface area contributed by atoms with Crippen molar-refractivity contribution in [1.82, 2.24) is 30.4 Å². The summed E-state index contributed by atoms with van der Waals surface area (Å²) in [6, 6.07) is 7.46. The number of hydrogen-bond acceptors (Lipinski definition) is 12. The summed E-state index contributed by atoms with van der Waals surface area (Å²) in [4.78, 5) is 52.2. The van der Waals surface area contributed by atoms with Crippen molar-refractivity contribution in [2.75, 3.05) is 30.2 Å². The van der Waals surface area contributed by atoms with Gasteiger partial charge in [0.1, 0.15) is 11.1 Å². The van der Waals surface area contributed by atoms with Crippen molar-refractivity contribution in [3.05, 3.63) is 41.1 Å². The Labute approximate surface area is 234 Å². The Morgan fingerprint density at radius 2 is 2.08 bits per heavy atom. The van der Waals surface area contributed by atoms with Crippen LogP contribution in [0.4, 0.5) is 5.69 Å². The van der Waals surface area contributed by atoms with E-state index < -0.39 is 40.0 Å². The number of aromatic nitrogens is 4. The minimum atomic E-state index is -1.76. The number of carboxylic acid groups (broad SMARTS) is 1. The Hall–Kier alpha value is -3.59. The van der Waals surface area contributed by atoms with Crippen LogP contribution in [0.3, 0.4) is 0 Å². The molecule has 17 heteroatoms. The van der Waals surface area contributed by atoms with Gasteiger partial charge in [0.25, 0.3) is 17.5 Å². The molecular formula is C22H22N8O6S3. The van der Waals surface area contributed by atoms with Gasteiger partial charge in [-0.05, 0) is 46.5 Å². The average Bonchev–Trinajstić information content (AvgIpc) is 3.35. The number of aromatic carboxylic acids is 1. The molecule has 0 radical (unpaired) electrons. The number of ether oxygens (including phenoxy) is 1. The van der Waals surface area contributed by atoms with E-state index in [0.717, 1.165) is 11.8 Å². The van der Waals surface area contributed by atoms with Crippen LogP contribution in [0.2, 0.25) is 0 Å². The van der Waals surface area contributed by atoms with Gasteiger partial charge in [-0.2, -0.15) is 5.26 Å². The van der Waals surface area contributed by atoms with Gasteiger partial charge in [-0.25, -0.2) is 9.48 Å².